The standard InChI is InChI=1S/C10H13FN4O2/c11-7-5-12-9(16)14-8(7)15-10(17)13-6-3-1-2-4-6/h5-6H,1-4H2,(H3,12,13,14,15,16,17). The van der Waals surface area contributed by atoms with Gasteiger partial charge in [-0.25, -0.2) is 14.2 Å². The highest BCUT2D eigenvalue weighted by Crippen LogP contribution is 2.18. The van der Waals surface area contributed by atoms with Crippen molar-refractivity contribution in [3.63, 3.8) is 0 Å². The smallest absolute Gasteiger partial charge is 0.320 e. The van der Waals surface area contributed by atoms with Crippen LogP contribution in [-0.2, 0) is 0 Å². The molecule has 0 aromatic carbocycles. The second-order valence-corrected chi connectivity index (χ2v) is 3.95. The molecule has 0 saturated heterocycles. The molecule has 0 atom stereocenters. The van der Waals surface area contributed by atoms with Crippen LogP contribution in [-0.4, -0.2) is 27.1 Å². The Hall–Kier alpha value is -1.92. The minimum absolute atomic E-state index is 0.133. The minimum Gasteiger partial charge on any atom is -0.479 e. The topological polar surface area (TPSA) is 87.1 Å². The lowest BCUT2D eigenvalue weighted by molar-refractivity contribution is 0.248. The number of amides is 2. The number of nitrogens with one attached hydrogen (secondary N) is 2. The molecule has 0 radical (unpaired) electrons. The number of hydrogen-bond acceptors (Lipinski definition) is 4. The van der Waals surface area contributed by atoms with Gasteiger partial charge in [-0.1, -0.05) is 12.8 Å². The molecule has 1 saturated carbocycles. The van der Waals surface area contributed by atoms with Crippen molar-refractivity contribution in [2.45, 2.75) is 31.7 Å². The first kappa shape index (κ1) is 11.6. The molecule has 92 valence electrons. The second-order valence-electron chi connectivity index (χ2n) is 3.95. The predicted octanol–water partition coefficient (Wildman–Crippen LogP) is 1.39. The zero-order chi connectivity index (χ0) is 12.3. The minimum atomic E-state index is -0.788. The highest BCUT2D eigenvalue weighted by molar-refractivity contribution is 5.88. The van der Waals surface area contributed by atoms with Crippen LogP contribution in [0.5, 0.6) is 6.01 Å². The number of carbonyl (C=O) groups excluding carboxylic acids is 1. The SMILES string of the molecule is O=C(Nc1nc(O)ncc1F)NC1CCCC1. The largest absolute Gasteiger partial charge is 0.479 e. The molecule has 1 heterocycles. The predicted molar refractivity (Wildman–Crippen MR) is 58.1 cm³/mol. The van der Waals surface area contributed by atoms with E-state index in [1.165, 1.54) is 0 Å². The molecular formula is C10H13FN4O2. The molecule has 7 heteroatoms. The fourth-order valence-electron chi connectivity index (χ4n) is 1.84. The average molecular weight is 240 g/mol. The molecule has 0 bridgehead atoms. The molecule has 1 aliphatic carbocycles. The van der Waals surface area contributed by atoms with Gasteiger partial charge in [-0.2, -0.15) is 4.98 Å². The van der Waals surface area contributed by atoms with Crippen molar-refractivity contribution in [1.29, 1.82) is 0 Å². The lowest BCUT2D eigenvalue weighted by Gasteiger charge is -2.12. The van der Waals surface area contributed by atoms with E-state index in [9.17, 15) is 9.18 Å². The van der Waals surface area contributed by atoms with E-state index in [0.717, 1.165) is 31.9 Å². The molecule has 2 rings (SSSR count). The summed E-state index contributed by atoms with van der Waals surface area (Å²) in [6, 6.07) is -0.968. The first-order chi connectivity index (χ1) is 8.15. The van der Waals surface area contributed by atoms with Gasteiger partial charge in [0.25, 0.3) is 0 Å². The van der Waals surface area contributed by atoms with Gasteiger partial charge in [-0.05, 0) is 12.8 Å². The van der Waals surface area contributed by atoms with Crippen LogP contribution < -0.4 is 10.6 Å². The van der Waals surface area contributed by atoms with Gasteiger partial charge in [0, 0.05) is 6.04 Å². The maximum Gasteiger partial charge on any atom is 0.320 e. The van der Waals surface area contributed by atoms with Gasteiger partial charge in [-0.3, -0.25) is 5.32 Å². The molecule has 0 spiro atoms. The van der Waals surface area contributed by atoms with Gasteiger partial charge in [0.2, 0.25) is 0 Å². The summed E-state index contributed by atoms with van der Waals surface area (Å²) >= 11 is 0. The van der Waals surface area contributed by atoms with Crippen LogP contribution in [0.25, 0.3) is 0 Å². The fourth-order valence-corrected chi connectivity index (χ4v) is 1.84. The summed E-state index contributed by atoms with van der Waals surface area (Å²) in [4.78, 5) is 18.1. The Morgan fingerprint density at radius 1 is 1.47 bits per heavy atom. The van der Waals surface area contributed by atoms with Crippen LogP contribution in [0.4, 0.5) is 15.0 Å². The maximum atomic E-state index is 13.2. The van der Waals surface area contributed by atoms with Crippen LogP contribution >= 0.6 is 0 Å². The Balaban J connectivity index is 1.95. The van der Waals surface area contributed by atoms with Crippen LogP contribution in [0.1, 0.15) is 25.7 Å². The van der Waals surface area contributed by atoms with Crippen LogP contribution in [0.2, 0.25) is 0 Å². The molecule has 6 nitrogen and oxygen atoms in total. The van der Waals surface area contributed by atoms with Crippen molar-refractivity contribution in [3.8, 4) is 6.01 Å². The van der Waals surface area contributed by atoms with E-state index in [0.29, 0.717) is 0 Å². The number of carbonyl (C=O) groups is 1. The number of urea groups is 1. The molecule has 17 heavy (non-hydrogen) atoms. The van der Waals surface area contributed by atoms with E-state index in [4.69, 9.17) is 5.11 Å². The lowest BCUT2D eigenvalue weighted by atomic mass is 10.2. The number of aromatic hydroxyl groups is 1. The second kappa shape index (κ2) is 4.94. The molecule has 0 unspecified atom stereocenters. The third kappa shape index (κ3) is 3.02. The van der Waals surface area contributed by atoms with E-state index in [1.807, 2.05) is 0 Å². The highest BCUT2D eigenvalue weighted by atomic mass is 19.1. The van der Waals surface area contributed by atoms with E-state index < -0.39 is 17.9 Å². The van der Waals surface area contributed by atoms with Gasteiger partial charge in [-0.15, -0.1) is 0 Å². The third-order valence-electron chi connectivity index (χ3n) is 2.65. The number of anilines is 1. The zero-order valence-electron chi connectivity index (χ0n) is 9.11. The zero-order valence-corrected chi connectivity index (χ0v) is 9.11. The summed E-state index contributed by atoms with van der Waals surface area (Å²) in [6.07, 6.45) is 4.85. The molecule has 0 aliphatic heterocycles. The molecule has 1 aromatic heterocycles. The van der Waals surface area contributed by atoms with Crippen molar-refractivity contribution in [2.24, 2.45) is 0 Å². The van der Waals surface area contributed by atoms with Gasteiger partial charge in [0.05, 0.1) is 6.20 Å². The molecule has 1 fully saturated rings. The summed E-state index contributed by atoms with van der Waals surface area (Å²) in [6.45, 7) is 0. The van der Waals surface area contributed by atoms with E-state index in [1.54, 1.807) is 0 Å². The average Bonchev–Trinajstić information content (AvgIpc) is 2.76. The molecule has 2 amide bonds. The Bertz CT molecular complexity index is 421. The van der Waals surface area contributed by atoms with Gasteiger partial charge in [0.15, 0.2) is 11.6 Å². The summed E-state index contributed by atoms with van der Waals surface area (Å²) in [5, 5.41) is 13.9. The molecule has 1 aliphatic rings. The number of aromatic nitrogens is 2. The van der Waals surface area contributed by atoms with E-state index in [-0.39, 0.29) is 11.9 Å². The first-order valence-electron chi connectivity index (χ1n) is 5.44. The summed E-state index contributed by atoms with van der Waals surface area (Å²) in [5.41, 5.74) is 0. The van der Waals surface area contributed by atoms with Crippen LogP contribution in [0.3, 0.4) is 0 Å². The maximum absolute atomic E-state index is 13.2. The molecule has 3 N–H and O–H groups in total. The van der Waals surface area contributed by atoms with Crippen molar-refractivity contribution in [2.75, 3.05) is 5.32 Å². The van der Waals surface area contributed by atoms with E-state index >= 15 is 0 Å². The van der Waals surface area contributed by atoms with Gasteiger partial charge < -0.3 is 10.4 Å². The van der Waals surface area contributed by atoms with Gasteiger partial charge in [0.1, 0.15) is 0 Å². The summed E-state index contributed by atoms with van der Waals surface area (Å²) in [5.74, 6) is -1.11. The number of nitrogens with zero attached hydrogens (tertiary/aromatic N) is 2. The first-order valence-corrected chi connectivity index (χ1v) is 5.44. The lowest BCUT2D eigenvalue weighted by Crippen LogP contribution is -2.36. The molecular weight excluding hydrogens is 227 g/mol. The number of rotatable bonds is 2. The number of halogens is 1. The van der Waals surface area contributed by atoms with Crippen molar-refractivity contribution in [3.05, 3.63) is 12.0 Å². The quantitative estimate of drug-likeness (QED) is 0.728. The normalized spacial score (nSPS) is 15.8. The third-order valence-corrected chi connectivity index (χ3v) is 2.65. The number of hydrogen-bond donors (Lipinski definition) is 3. The van der Waals surface area contributed by atoms with Gasteiger partial charge >= 0.3 is 12.0 Å². The Labute approximate surface area is 97.3 Å². The summed E-state index contributed by atoms with van der Waals surface area (Å²) in [7, 11) is 0. The van der Waals surface area contributed by atoms with Crippen LogP contribution in [0, 0.1) is 5.82 Å². The van der Waals surface area contributed by atoms with Crippen molar-refractivity contribution in [1.82, 2.24) is 15.3 Å². The highest BCUT2D eigenvalue weighted by Gasteiger charge is 2.18. The van der Waals surface area contributed by atoms with Crippen LogP contribution in [0.15, 0.2) is 6.20 Å². The van der Waals surface area contributed by atoms with E-state index in [2.05, 4.69) is 20.6 Å². The Kier molecular flexibility index (Phi) is 3.36. The Morgan fingerprint density at radius 3 is 2.88 bits per heavy atom. The fraction of sp³-hybridized carbons (Fsp3) is 0.500. The summed E-state index contributed by atoms with van der Waals surface area (Å²) < 4.78 is 13.2. The van der Waals surface area contributed by atoms with Crippen molar-refractivity contribution < 1.29 is 14.3 Å². The Morgan fingerprint density at radius 2 is 2.18 bits per heavy atom. The molecule has 1 aromatic rings. The monoisotopic (exact) mass is 240 g/mol. The van der Waals surface area contributed by atoms with Crippen molar-refractivity contribution >= 4 is 11.8 Å².